The molecule has 2 rings (SSSR count). The highest BCUT2D eigenvalue weighted by Crippen LogP contribution is 2.40. The summed E-state index contributed by atoms with van der Waals surface area (Å²) in [5.41, 5.74) is -2.49. The average Bonchev–Trinajstić information content (AvgIpc) is 2.45. The van der Waals surface area contributed by atoms with Crippen molar-refractivity contribution >= 4 is 17.6 Å². The Morgan fingerprint density at radius 3 is 2.12 bits per heavy atom. The number of alkyl halides is 3. The van der Waals surface area contributed by atoms with Gasteiger partial charge in [-0.3, -0.25) is 4.79 Å². The molecule has 0 bridgehead atoms. The van der Waals surface area contributed by atoms with Crippen LogP contribution in [0, 0.1) is 5.82 Å². The number of carbonyl (C=O) groups excluding carboxylic acids is 1. The van der Waals surface area contributed by atoms with E-state index in [2.05, 4.69) is 5.32 Å². The summed E-state index contributed by atoms with van der Waals surface area (Å²) in [6.45, 7) is 1.10. The van der Waals surface area contributed by atoms with Crippen LogP contribution in [0.4, 0.5) is 23.2 Å². The number of nitrogens with one attached hydrogen (secondary N) is 1. The predicted molar refractivity (Wildman–Crippen MR) is 78.1 cm³/mol. The molecule has 0 saturated carbocycles. The van der Waals surface area contributed by atoms with E-state index in [0.29, 0.717) is 6.07 Å². The monoisotopic (exact) mass is 341 g/mol. The molecule has 0 aliphatic heterocycles. The quantitative estimate of drug-likeness (QED) is 0.824. The fraction of sp³-hybridized carbons (Fsp3) is 0.125. The van der Waals surface area contributed by atoms with Gasteiger partial charge in [0.15, 0.2) is 0 Å². The third-order valence-corrected chi connectivity index (χ3v) is 3.16. The van der Waals surface area contributed by atoms with Crippen molar-refractivity contribution < 1.29 is 32.3 Å². The molecule has 0 spiro atoms. The largest absolute Gasteiger partial charge is 0.478 e. The molecule has 0 atom stereocenters. The molecule has 2 N–H and O–H groups in total. The van der Waals surface area contributed by atoms with E-state index in [-0.39, 0.29) is 16.8 Å². The molecule has 1 amide bonds. The van der Waals surface area contributed by atoms with Crippen molar-refractivity contribution in [1.82, 2.24) is 0 Å². The van der Waals surface area contributed by atoms with Gasteiger partial charge in [-0.1, -0.05) is 12.1 Å². The molecule has 0 radical (unpaired) electrons. The lowest BCUT2D eigenvalue weighted by molar-refractivity contribution is -0.137. The summed E-state index contributed by atoms with van der Waals surface area (Å²) in [4.78, 5) is 22.4. The van der Waals surface area contributed by atoms with Gasteiger partial charge in [0, 0.05) is 6.92 Å². The Morgan fingerprint density at radius 2 is 1.67 bits per heavy atom. The molecular formula is C16H11F4NO3. The Morgan fingerprint density at radius 1 is 1.08 bits per heavy atom. The van der Waals surface area contributed by atoms with Gasteiger partial charge in [-0.25, -0.2) is 9.18 Å². The van der Waals surface area contributed by atoms with E-state index >= 15 is 0 Å². The summed E-state index contributed by atoms with van der Waals surface area (Å²) >= 11 is 0. The normalized spacial score (nSPS) is 11.2. The molecule has 126 valence electrons. The lowest BCUT2D eigenvalue weighted by Crippen LogP contribution is -2.15. The zero-order valence-electron chi connectivity index (χ0n) is 12.2. The van der Waals surface area contributed by atoms with Crippen molar-refractivity contribution in [3.63, 3.8) is 0 Å². The molecule has 0 aromatic heterocycles. The van der Waals surface area contributed by atoms with Crippen LogP contribution in [0.2, 0.25) is 0 Å². The predicted octanol–water partition coefficient (Wildman–Crippen LogP) is 4.17. The SMILES string of the molecule is CC(=O)Nc1cc(-c2ccc(F)cc2)c(C(F)(F)F)cc1C(=O)O. The molecule has 0 fully saturated rings. The minimum absolute atomic E-state index is 0.0345. The standard InChI is InChI=1S/C16H11F4NO3/c1-8(22)21-14-7-11(9-2-4-10(17)5-3-9)13(16(18,19)20)6-12(14)15(23)24/h2-7H,1H3,(H,21,22)(H,23,24). The van der Waals surface area contributed by atoms with E-state index in [9.17, 15) is 27.2 Å². The molecular weight excluding hydrogens is 330 g/mol. The van der Waals surface area contributed by atoms with Gasteiger partial charge >= 0.3 is 12.1 Å². The number of carbonyl (C=O) groups is 2. The first-order valence-corrected chi connectivity index (χ1v) is 6.61. The minimum atomic E-state index is -4.83. The number of carboxylic acids is 1. The van der Waals surface area contributed by atoms with Gasteiger partial charge in [0.05, 0.1) is 16.8 Å². The summed E-state index contributed by atoms with van der Waals surface area (Å²) in [5, 5.41) is 11.3. The molecule has 24 heavy (non-hydrogen) atoms. The fourth-order valence-electron chi connectivity index (χ4n) is 2.17. The number of halogens is 4. The molecule has 0 unspecified atom stereocenters. The average molecular weight is 341 g/mol. The Kier molecular flexibility index (Phi) is 4.59. The smallest absolute Gasteiger partial charge is 0.417 e. The second kappa shape index (κ2) is 6.31. The van der Waals surface area contributed by atoms with Crippen molar-refractivity contribution in [1.29, 1.82) is 0 Å². The third-order valence-electron chi connectivity index (χ3n) is 3.16. The lowest BCUT2D eigenvalue weighted by atomic mass is 9.95. The highest BCUT2D eigenvalue weighted by molar-refractivity contribution is 6.01. The second-order valence-corrected chi connectivity index (χ2v) is 4.93. The minimum Gasteiger partial charge on any atom is -0.478 e. The van der Waals surface area contributed by atoms with Gasteiger partial charge in [0.2, 0.25) is 5.91 Å². The summed E-state index contributed by atoms with van der Waals surface area (Å²) in [7, 11) is 0. The van der Waals surface area contributed by atoms with Gasteiger partial charge in [0.1, 0.15) is 5.82 Å². The van der Waals surface area contributed by atoms with Crippen molar-refractivity contribution in [3.8, 4) is 11.1 Å². The van der Waals surface area contributed by atoms with Crippen LogP contribution >= 0.6 is 0 Å². The number of carboxylic acid groups (broad SMARTS) is 1. The molecule has 4 nitrogen and oxygen atoms in total. The Labute approximate surface area is 133 Å². The second-order valence-electron chi connectivity index (χ2n) is 4.93. The lowest BCUT2D eigenvalue weighted by Gasteiger charge is -2.17. The van der Waals surface area contributed by atoms with Crippen LogP contribution in [0.5, 0.6) is 0 Å². The van der Waals surface area contributed by atoms with Crippen LogP contribution in [0.15, 0.2) is 36.4 Å². The molecule has 0 aliphatic carbocycles. The van der Waals surface area contributed by atoms with Crippen LogP contribution in [0.3, 0.4) is 0 Å². The van der Waals surface area contributed by atoms with E-state index < -0.39 is 35.0 Å². The third kappa shape index (κ3) is 3.70. The maximum atomic E-state index is 13.3. The van der Waals surface area contributed by atoms with Crippen LogP contribution < -0.4 is 5.32 Å². The molecule has 0 saturated heterocycles. The summed E-state index contributed by atoms with van der Waals surface area (Å²) < 4.78 is 52.9. The van der Waals surface area contributed by atoms with Crippen LogP contribution in [0.1, 0.15) is 22.8 Å². The topological polar surface area (TPSA) is 66.4 Å². The zero-order valence-corrected chi connectivity index (χ0v) is 12.2. The highest BCUT2D eigenvalue weighted by atomic mass is 19.4. The molecule has 2 aromatic rings. The number of anilines is 1. The van der Waals surface area contributed by atoms with Gasteiger partial charge in [0.25, 0.3) is 0 Å². The number of aromatic carboxylic acids is 1. The summed E-state index contributed by atoms with van der Waals surface area (Å²) in [5.74, 6) is -2.88. The van der Waals surface area contributed by atoms with E-state index in [1.165, 1.54) is 0 Å². The van der Waals surface area contributed by atoms with Gasteiger partial charge in [-0.2, -0.15) is 13.2 Å². The first kappa shape index (κ1) is 17.5. The number of hydrogen-bond donors (Lipinski definition) is 2. The number of amides is 1. The Balaban J connectivity index is 2.77. The van der Waals surface area contributed by atoms with Crippen LogP contribution in [-0.2, 0) is 11.0 Å². The van der Waals surface area contributed by atoms with Gasteiger partial charge in [-0.05, 0) is 35.4 Å². The Hall–Kier alpha value is -2.90. The number of rotatable bonds is 3. The number of hydrogen-bond acceptors (Lipinski definition) is 2. The van der Waals surface area contributed by atoms with Gasteiger partial charge < -0.3 is 10.4 Å². The fourth-order valence-corrected chi connectivity index (χ4v) is 2.17. The highest BCUT2D eigenvalue weighted by Gasteiger charge is 2.35. The first-order chi connectivity index (χ1) is 11.1. The zero-order chi connectivity index (χ0) is 18.1. The van der Waals surface area contributed by atoms with Crippen molar-refractivity contribution in [3.05, 3.63) is 53.3 Å². The van der Waals surface area contributed by atoms with Gasteiger partial charge in [-0.15, -0.1) is 0 Å². The first-order valence-electron chi connectivity index (χ1n) is 6.61. The number of benzene rings is 2. The van der Waals surface area contributed by atoms with Crippen LogP contribution in [-0.4, -0.2) is 17.0 Å². The van der Waals surface area contributed by atoms with E-state index in [1.807, 2.05) is 0 Å². The molecule has 0 aliphatic rings. The molecule has 8 heteroatoms. The van der Waals surface area contributed by atoms with Crippen molar-refractivity contribution in [2.24, 2.45) is 0 Å². The summed E-state index contributed by atoms with van der Waals surface area (Å²) in [6, 6.07) is 5.61. The van der Waals surface area contributed by atoms with E-state index in [1.54, 1.807) is 0 Å². The maximum Gasteiger partial charge on any atom is 0.417 e. The van der Waals surface area contributed by atoms with E-state index in [0.717, 1.165) is 37.3 Å². The Bertz CT molecular complexity index is 798. The maximum absolute atomic E-state index is 13.3. The molecule has 2 aromatic carbocycles. The van der Waals surface area contributed by atoms with E-state index in [4.69, 9.17) is 5.11 Å². The molecule has 0 heterocycles. The van der Waals surface area contributed by atoms with Crippen molar-refractivity contribution in [2.45, 2.75) is 13.1 Å². The van der Waals surface area contributed by atoms with Crippen molar-refractivity contribution in [2.75, 3.05) is 5.32 Å². The summed E-state index contributed by atoms with van der Waals surface area (Å²) in [6.07, 6.45) is -4.83. The van der Waals surface area contributed by atoms with Crippen LogP contribution in [0.25, 0.3) is 11.1 Å².